The van der Waals surface area contributed by atoms with Crippen LogP contribution in [0.5, 0.6) is 5.75 Å². The highest BCUT2D eigenvalue weighted by molar-refractivity contribution is 5.51. The van der Waals surface area contributed by atoms with Crippen molar-refractivity contribution in [3.63, 3.8) is 0 Å². The van der Waals surface area contributed by atoms with Crippen molar-refractivity contribution in [2.24, 2.45) is 0 Å². The molecule has 0 amide bonds. The van der Waals surface area contributed by atoms with Gasteiger partial charge in [0.15, 0.2) is 0 Å². The average Bonchev–Trinajstić information content (AvgIpc) is 3.22. The lowest BCUT2D eigenvalue weighted by atomic mass is 9.92. The minimum absolute atomic E-state index is 0.117. The van der Waals surface area contributed by atoms with Gasteiger partial charge in [0.2, 0.25) is 0 Å². The van der Waals surface area contributed by atoms with Crippen LogP contribution in [-0.2, 0) is 24.3 Å². The van der Waals surface area contributed by atoms with Crippen molar-refractivity contribution in [1.29, 1.82) is 0 Å². The van der Waals surface area contributed by atoms with Crippen molar-refractivity contribution in [2.75, 3.05) is 36.1 Å². The fourth-order valence-corrected chi connectivity index (χ4v) is 5.90. The number of pyridine rings is 1. The number of aliphatic hydroxyl groups excluding tert-OH is 1. The summed E-state index contributed by atoms with van der Waals surface area (Å²) in [4.78, 5) is 7.83. The third kappa shape index (κ3) is 13.6. The molecule has 7 nitrogen and oxygen atoms in total. The number of aromatic nitrogens is 1. The fourth-order valence-electron chi connectivity index (χ4n) is 5.90. The summed E-state index contributed by atoms with van der Waals surface area (Å²) in [7, 11) is 0. The summed E-state index contributed by atoms with van der Waals surface area (Å²) in [5.41, 5.74) is -10.1. The van der Waals surface area contributed by atoms with E-state index in [-0.39, 0.29) is 13.2 Å². The highest BCUT2D eigenvalue weighted by atomic mass is 19.4. The normalized spacial score (nSPS) is 12.4. The van der Waals surface area contributed by atoms with E-state index in [2.05, 4.69) is 4.98 Å². The third-order valence-electron chi connectivity index (χ3n) is 9.22. The van der Waals surface area contributed by atoms with Gasteiger partial charge in [-0.15, -0.1) is 0 Å². The zero-order valence-corrected chi connectivity index (χ0v) is 34.4. The molecule has 3 N–H and O–H groups in total. The molecular formula is C43H51F12N3O4. The summed E-state index contributed by atoms with van der Waals surface area (Å²) >= 11 is 0. The second-order valence-corrected chi connectivity index (χ2v) is 13.6. The van der Waals surface area contributed by atoms with E-state index < -0.39 is 47.0 Å². The molecular weight excluding hydrogens is 850 g/mol. The number of alkyl halides is 12. The number of aliphatic hydroxyl groups is 3. The first kappa shape index (κ1) is 53.4. The van der Waals surface area contributed by atoms with Crippen LogP contribution < -0.4 is 14.5 Å². The number of hydrogen-bond donors (Lipinski definition) is 3. The van der Waals surface area contributed by atoms with E-state index in [0.29, 0.717) is 73.3 Å². The standard InChI is InChI=1S/C22H25F6NO3.C19H20F6N2O.C2H6/c1-2-3-11-29(15-16-5-4-6-19(14-16)32-13-12-30)18-9-7-17(8-10-18)20(31,21(23,24)25)22(26,27)28;1-2-3-12-27(13-15-6-4-5-11-26-15)16-9-7-14(8-10-16)17(28,18(20,21)22)19(23,24)25;1-2/h4-10,14,30-31H,2-3,11-13,15H2,1H3;4-11,28H,2-3,12-13H2,1H3;1-2H3. The van der Waals surface area contributed by atoms with Gasteiger partial charge in [0, 0.05) is 48.3 Å². The smallest absolute Gasteiger partial charge is 0.430 e. The van der Waals surface area contributed by atoms with Crippen molar-refractivity contribution in [1.82, 2.24) is 4.98 Å². The van der Waals surface area contributed by atoms with E-state index in [1.165, 1.54) is 0 Å². The Morgan fingerprint density at radius 2 is 1.00 bits per heavy atom. The summed E-state index contributed by atoms with van der Waals surface area (Å²) in [6.45, 7) is 9.64. The number of unbranched alkanes of at least 4 members (excludes halogenated alkanes) is 2. The molecule has 0 unspecified atom stereocenters. The Balaban J connectivity index is 0.000000414. The number of hydrogen-bond acceptors (Lipinski definition) is 7. The second-order valence-electron chi connectivity index (χ2n) is 13.6. The Kier molecular flexibility index (Phi) is 19.9. The molecule has 346 valence electrons. The Morgan fingerprint density at radius 1 is 0.565 bits per heavy atom. The molecule has 3 aromatic carbocycles. The van der Waals surface area contributed by atoms with Crippen LogP contribution in [0.3, 0.4) is 0 Å². The highest BCUT2D eigenvalue weighted by Gasteiger charge is 2.72. The minimum Gasteiger partial charge on any atom is -0.491 e. The van der Waals surface area contributed by atoms with E-state index in [4.69, 9.17) is 9.84 Å². The van der Waals surface area contributed by atoms with E-state index in [1.54, 1.807) is 42.6 Å². The van der Waals surface area contributed by atoms with Crippen LogP contribution in [0, 0.1) is 0 Å². The molecule has 0 aliphatic heterocycles. The van der Waals surface area contributed by atoms with E-state index in [0.717, 1.165) is 55.5 Å². The molecule has 0 saturated heterocycles. The maximum atomic E-state index is 13.1. The number of benzene rings is 3. The van der Waals surface area contributed by atoms with E-state index in [1.807, 2.05) is 43.6 Å². The molecule has 1 heterocycles. The van der Waals surface area contributed by atoms with Crippen molar-refractivity contribution in [3.8, 4) is 5.75 Å². The van der Waals surface area contributed by atoms with Crippen molar-refractivity contribution in [3.05, 3.63) is 120 Å². The van der Waals surface area contributed by atoms with Gasteiger partial charge in [-0.3, -0.25) is 4.98 Å². The Bertz CT molecular complexity index is 1840. The van der Waals surface area contributed by atoms with Crippen LogP contribution in [0.1, 0.15) is 75.8 Å². The minimum atomic E-state index is -5.93. The molecule has 0 saturated carbocycles. The first-order valence-corrected chi connectivity index (χ1v) is 19.6. The van der Waals surface area contributed by atoms with Crippen LogP contribution in [-0.4, -0.2) is 71.3 Å². The quantitative estimate of drug-likeness (QED) is 0.0910. The fraction of sp³-hybridized carbons (Fsp3) is 0.465. The number of rotatable bonds is 17. The summed E-state index contributed by atoms with van der Waals surface area (Å²) in [6.07, 6.45) is -18.8. The van der Waals surface area contributed by atoms with Gasteiger partial charge in [0.05, 0.1) is 18.8 Å². The summed E-state index contributed by atoms with van der Waals surface area (Å²) in [5.74, 6) is 0.530. The highest BCUT2D eigenvalue weighted by Crippen LogP contribution is 2.51. The van der Waals surface area contributed by atoms with Crippen LogP contribution in [0.2, 0.25) is 0 Å². The number of halogens is 12. The van der Waals surface area contributed by atoms with Gasteiger partial charge in [0.25, 0.3) is 11.2 Å². The number of ether oxygens (including phenoxy) is 1. The summed E-state index contributed by atoms with van der Waals surface area (Å²) in [6, 6.07) is 19.5. The lowest BCUT2D eigenvalue weighted by molar-refractivity contribution is -0.376. The molecule has 0 fully saturated rings. The molecule has 1 aromatic heterocycles. The maximum absolute atomic E-state index is 13.1. The molecule has 0 aliphatic rings. The van der Waals surface area contributed by atoms with Crippen LogP contribution in [0.25, 0.3) is 0 Å². The van der Waals surface area contributed by atoms with Gasteiger partial charge in [-0.1, -0.05) is 83.0 Å². The zero-order chi connectivity index (χ0) is 47.0. The first-order valence-electron chi connectivity index (χ1n) is 19.6. The van der Waals surface area contributed by atoms with Crippen LogP contribution in [0.15, 0.2) is 97.2 Å². The Morgan fingerprint density at radius 3 is 1.37 bits per heavy atom. The average molecular weight is 902 g/mol. The topological polar surface area (TPSA) is 89.3 Å². The molecule has 0 bridgehead atoms. The Labute approximate surface area is 352 Å². The van der Waals surface area contributed by atoms with Gasteiger partial charge in [-0.2, -0.15) is 52.7 Å². The number of anilines is 2. The molecule has 0 atom stereocenters. The molecule has 0 aliphatic carbocycles. The predicted molar refractivity (Wildman–Crippen MR) is 211 cm³/mol. The monoisotopic (exact) mass is 901 g/mol. The lowest BCUT2D eigenvalue weighted by Crippen LogP contribution is -2.53. The van der Waals surface area contributed by atoms with Gasteiger partial charge in [-0.05, 0) is 66.9 Å². The largest absolute Gasteiger partial charge is 0.491 e. The zero-order valence-electron chi connectivity index (χ0n) is 34.4. The predicted octanol–water partition coefficient (Wildman–Crippen LogP) is 11.4. The van der Waals surface area contributed by atoms with E-state index in [9.17, 15) is 62.9 Å². The first-order chi connectivity index (χ1) is 28.9. The molecule has 4 rings (SSSR count). The second kappa shape index (κ2) is 23.1. The lowest BCUT2D eigenvalue weighted by Gasteiger charge is -2.33. The van der Waals surface area contributed by atoms with Crippen molar-refractivity contribution in [2.45, 2.75) is 102 Å². The van der Waals surface area contributed by atoms with Crippen LogP contribution in [0.4, 0.5) is 64.1 Å². The molecule has 62 heavy (non-hydrogen) atoms. The summed E-state index contributed by atoms with van der Waals surface area (Å²) in [5, 5.41) is 27.9. The van der Waals surface area contributed by atoms with Crippen molar-refractivity contribution < 1.29 is 72.7 Å². The number of nitrogens with zero attached hydrogens (tertiary/aromatic N) is 3. The van der Waals surface area contributed by atoms with Gasteiger partial charge in [-0.25, -0.2) is 0 Å². The molecule has 4 aromatic rings. The van der Waals surface area contributed by atoms with Gasteiger partial charge >= 0.3 is 24.7 Å². The maximum Gasteiger partial charge on any atom is 0.430 e. The summed E-state index contributed by atoms with van der Waals surface area (Å²) < 4.78 is 162. The Hall–Kier alpha value is -4.75. The van der Waals surface area contributed by atoms with Crippen LogP contribution >= 0.6 is 0 Å². The third-order valence-corrected chi connectivity index (χ3v) is 9.22. The SMILES string of the molecule is CC.CCCCN(Cc1cccc(OCCO)c1)c1ccc(C(O)(C(F)(F)F)C(F)(F)F)cc1.CCCCN(Cc1ccccn1)c1ccc(C(O)(C(F)(F)F)C(F)(F)F)cc1. The van der Waals surface area contributed by atoms with Gasteiger partial charge in [0.1, 0.15) is 12.4 Å². The van der Waals surface area contributed by atoms with Crippen molar-refractivity contribution >= 4 is 11.4 Å². The molecule has 0 radical (unpaired) electrons. The molecule has 19 heteroatoms. The van der Waals surface area contributed by atoms with Gasteiger partial charge < -0.3 is 29.9 Å². The molecule has 0 spiro atoms. The van der Waals surface area contributed by atoms with E-state index >= 15 is 0 Å².